The van der Waals surface area contributed by atoms with Crippen LogP contribution in [0, 0.1) is 0 Å². The van der Waals surface area contributed by atoms with E-state index in [0.29, 0.717) is 17.4 Å². The fraction of sp³-hybridized carbons (Fsp3) is 0.556. The zero-order valence-electron chi connectivity index (χ0n) is 9.02. The molecular weight excluding hydrogens is 214 g/mol. The number of carbonyl (C=O) groups excluding carboxylic acids is 1. The maximum atomic E-state index is 11.4. The van der Waals surface area contributed by atoms with E-state index < -0.39 is 6.10 Å². The van der Waals surface area contributed by atoms with Gasteiger partial charge in [0.25, 0.3) is 0 Å². The normalized spacial score (nSPS) is 12.3. The van der Waals surface area contributed by atoms with Gasteiger partial charge in [-0.25, -0.2) is 9.78 Å². The molecule has 0 bridgehead atoms. The van der Waals surface area contributed by atoms with E-state index in [-0.39, 0.29) is 6.03 Å². The van der Waals surface area contributed by atoms with Gasteiger partial charge in [-0.05, 0) is 13.8 Å². The molecule has 84 valence electrons. The Kier molecular flexibility index (Phi) is 4.05. The summed E-state index contributed by atoms with van der Waals surface area (Å²) in [5.74, 6) is 0. The molecule has 0 fully saturated rings. The van der Waals surface area contributed by atoms with Crippen molar-refractivity contribution in [2.24, 2.45) is 0 Å². The summed E-state index contributed by atoms with van der Waals surface area (Å²) < 4.78 is 0. The average Bonchev–Trinajstić information content (AvgIpc) is 2.65. The van der Waals surface area contributed by atoms with Crippen LogP contribution >= 0.6 is 11.3 Å². The van der Waals surface area contributed by atoms with Crippen LogP contribution in [0.25, 0.3) is 0 Å². The van der Waals surface area contributed by atoms with E-state index >= 15 is 0 Å². The van der Waals surface area contributed by atoms with Crippen LogP contribution in [0.2, 0.25) is 0 Å². The Morgan fingerprint density at radius 2 is 2.47 bits per heavy atom. The van der Waals surface area contributed by atoms with Gasteiger partial charge in [-0.1, -0.05) is 0 Å². The van der Waals surface area contributed by atoms with Gasteiger partial charge in [0.15, 0.2) is 5.13 Å². The van der Waals surface area contributed by atoms with Crippen molar-refractivity contribution in [3.05, 3.63) is 11.1 Å². The minimum absolute atomic E-state index is 0.191. The van der Waals surface area contributed by atoms with Crippen LogP contribution in [0.3, 0.4) is 0 Å². The summed E-state index contributed by atoms with van der Waals surface area (Å²) in [4.78, 5) is 17.1. The number of carbonyl (C=O) groups is 1. The van der Waals surface area contributed by atoms with E-state index in [1.165, 1.54) is 11.3 Å². The summed E-state index contributed by atoms with van der Waals surface area (Å²) in [6, 6.07) is -0.191. The molecule has 15 heavy (non-hydrogen) atoms. The first-order chi connectivity index (χ1) is 7.04. The number of anilines is 1. The first kappa shape index (κ1) is 11.9. The second kappa shape index (κ2) is 5.09. The van der Waals surface area contributed by atoms with E-state index in [1.54, 1.807) is 24.3 Å². The van der Waals surface area contributed by atoms with Crippen molar-refractivity contribution >= 4 is 22.5 Å². The number of nitrogens with zero attached hydrogens (tertiary/aromatic N) is 2. The fourth-order valence-corrected chi connectivity index (χ4v) is 1.65. The largest absolute Gasteiger partial charge is 0.387 e. The van der Waals surface area contributed by atoms with Crippen molar-refractivity contribution < 1.29 is 9.90 Å². The van der Waals surface area contributed by atoms with E-state index in [4.69, 9.17) is 0 Å². The molecule has 5 nitrogen and oxygen atoms in total. The Hall–Kier alpha value is -1.14. The highest BCUT2D eigenvalue weighted by atomic mass is 32.1. The molecule has 1 rings (SSSR count). The number of hydrogen-bond donors (Lipinski definition) is 2. The maximum Gasteiger partial charge on any atom is 0.323 e. The lowest BCUT2D eigenvalue weighted by Crippen LogP contribution is -2.30. The van der Waals surface area contributed by atoms with E-state index in [2.05, 4.69) is 10.3 Å². The van der Waals surface area contributed by atoms with Gasteiger partial charge in [-0.15, -0.1) is 11.3 Å². The van der Waals surface area contributed by atoms with Gasteiger partial charge in [0.1, 0.15) is 0 Å². The van der Waals surface area contributed by atoms with Gasteiger partial charge in [0.2, 0.25) is 0 Å². The molecule has 0 aliphatic rings. The average molecular weight is 229 g/mol. The molecule has 0 spiro atoms. The minimum atomic E-state index is -0.601. The number of hydrogen-bond acceptors (Lipinski definition) is 4. The van der Waals surface area contributed by atoms with Crippen LogP contribution in [-0.2, 0) is 0 Å². The standard InChI is InChI=1S/C9H15N3O2S/c1-4-12(3)9(14)11-8-10-7(5-15-8)6(2)13/h5-6,13H,4H2,1-3H3,(H,10,11,14). The maximum absolute atomic E-state index is 11.4. The lowest BCUT2D eigenvalue weighted by Gasteiger charge is -2.13. The fourth-order valence-electron chi connectivity index (χ4n) is 0.866. The molecule has 2 amide bonds. The van der Waals surface area contributed by atoms with Crippen LogP contribution in [0.15, 0.2) is 5.38 Å². The summed E-state index contributed by atoms with van der Waals surface area (Å²) in [6.45, 7) is 4.17. The number of thiazole rings is 1. The van der Waals surface area contributed by atoms with Gasteiger partial charge in [0, 0.05) is 19.0 Å². The van der Waals surface area contributed by atoms with Gasteiger partial charge in [-0.2, -0.15) is 0 Å². The van der Waals surface area contributed by atoms with Crippen molar-refractivity contribution in [3.8, 4) is 0 Å². The zero-order chi connectivity index (χ0) is 11.4. The summed E-state index contributed by atoms with van der Waals surface area (Å²) in [6.07, 6.45) is -0.601. The van der Waals surface area contributed by atoms with Crippen LogP contribution in [0.5, 0.6) is 0 Å². The van der Waals surface area contributed by atoms with Crippen molar-refractivity contribution in [3.63, 3.8) is 0 Å². The number of nitrogens with one attached hydrogen (secondary N) is 1. The molecule has 6 heteroatoms. The number of amides is 2. The number of rotatable bonds is 3. The van der Waals surface area contributed by atoms with Crippen molar-refractivity contribution in [1.29, 1.82) is 0 Å². The van der Waals surface area contributed by atoms with Crippen LogP contribution < -0.4 is 5.32 Å². The Labute approximate surface area is 92.7 Å². The molecule has 1 atom stereocenters. The molecule has 1 aromatic rings. The molecule has 1 heterocycles. The SMILES string of the molecule is CCN(C)C(=O)Nc1nc(C(C)O)cs1. The van der Waals surface area contributed by atoms with Gasteiger partial charge < -0.3 is 10.0 Å². The summed E-state index contributed by atoms with van der Waals surface area (Å²) in [5, 5.41) is 14.1. The Bertz CT molecular complexity index is 338. The molecule has 0 aliphatic carbocycles. The van der Waals surface area contributed by atoms with Gasteiger partial charge >= 0.3 is 6.03 Å². The van der Waals surface area contributed by atoms with Crippen LogP contribution in [0.1, 0.15) is 25.6 Å². The highest BCUT2D eigenvalue weighted by molar-refractivity contribution is 7.13. The molecule has 0 radical (unpaired) electrons. The summed E-state index contributed by atoms with van der Waals surface area (Å²) in [7, 11) is 1.71. The predicted molar refractivity (Wildman–Crippen MR) is 60.1 cm³/mol. The number of aromatic nitrogens is 1. The van der Waals surface area contributed by atoms with Crippen molar-refractivity contribution in [2.45, 2.75) is 20.0 Å². The van der Waals surface area contributed by atoms with Crippen molar-refractivity contribution in [1.82, 2.24) is 9.88 Å². The minimum Gasteiger partial charge on any atom is -0.387 e. The number of urea groups is 1. The molecule has 1 unspecified atom stereocenters. The summed E-state index contributed by atoms with van der Waals surface area (Å²) >= 11 is 1.30. The first-order valence-electron chi connectivity index (χ1n) is 4.70. The number of aliphatic hydroxyl groups excluding tert-OH is 1. The van der Waals surface area contributed by atoms with Crippen LogP contribution in [0.4, 0.5) is 9.93 Å². The molecule has 0 aromatic carbocycles. The van der Waals surface area contributed by atoms with Crippen LogP contribution in [-0.4, -0.2) is 34.6 Å². The number of aliphatic hydroxyl groups is 1. The van der Waals surface area contributed by atoms with Gasteiger partial charge in [0.05, 0.1) is 11.8 Å². The zero-order valence-corrected chi connectivity index (χ0v) is 9.84. The topological polar surface area (TPSA) is 65.5 Å². The molecule has 2 N–H and O–H groups in total. The van der Waals surface area contributed by atoms with Gasteiger partial charge in [-0.3, -0.25) is 5.32 Å². The second-order valence-electron chi connectivity index (χ2n) is 3.20. The Morgan fingerprint density at radius 1 is 1.80 bits per heavy atom. The molecule has 0 saturated heterocycles. The highest BCUT2D eigenvalue weighted by Gasteiger charge is 2.11. The molecule has 0 aliphatic heterocycles. The third-order valence-electron chi connectivity index (χ3n) is 1.98. The smallest absolute Gasteiger partial charge is 0.323 e. The van der Waals surface area contributed by atoms with Crippen molar-refractivity contribution in [2.75, 3.05) is 18.9 Å². The third kappa shape index (κ3) is 3.17. The Morgan fingerprint density at radius 3 is 2.93 bits per heavy atom. The first-order valence-corrected chi connectivity index (χ1v) is 5.58. The molecule has 1 aromatic heterocycles. The van der Waals surface area contributed by atoms with E-state index in [1.807, 2.05) is 6.92 Å². The predicted octanol–water partition coefficient (Wildman–Crippen LogP) is 1.68. The highest BCUT2D eigenvalue weighted by Crippen LogP contribution is 2.20. The molecule has 0 saturated carbocycles. The quantitative estimate of drug-likeness (QED) is 0.828. The molecular formula is C9H15N3O2S. The lowest BCUT2D eigenvalue weighted by molar-refractivity contribution is 0.195. The monoisotopic (exact) mass is 229 g/mol. The van der Waals surface area contributed by atoms with E-state index in [0.717, 1.165) is 0 Å². The van der Waals surface area contributed by atoms with E-state index in [9.17, 15) is 9.90 Å². The third-order valence-corrected chi connectivity index (χ3v) is 2.76. The summed E-state index contributed by atoms with van der Waals surface area (Å²) in [5.41, 5.74) is 0.578. The second-order valence-corrected chi connectivity index (χ2v) is 4.06. The Balaban J connectivity index is 2.61. The lowest BCUT2D eigenvalue weighted by atomic mass is 10.3.